The van der Waals surface area contributed by atoms with E-state index in [-0.39, 0.29) is 5.82 Å². The zero-order valence-corrected chi connectivity index (χ0v) is 11.5. The lowest BCUT2D eigenvalue weighted by atomic mass is 10.1. The summed E-state index contributed by atoms with van der Waals surface area (Å²) in [7, 11) is 0. The molecule has 4 heteroatoms. The van der Waals surface area contributed by atoms with E-state index in [1.807, 2.05) is 11.4 Å². The van der Waals surface area contributed by atoms with Gasteiger partial charge in [0.2, 0.25) is 0 Å². The maximum Gasteiger partial charge on any atom is 0.126 e. The van der Waals surface area contributed by atoms with Crippen LogP contribution in [0.15, 0.2) is 23.6 Å². The fourth-order valence-corrected chi connectivity index (χ4v) is 2.42. The molecule has 0 fully saturated rings. The molecular formula is C14H17FN2S. The molecule has 0 atom stereocenters. The van der Waals surface area contributed by atoms with E-state index in [2.05, 4.69) is 17.2 Å². The van der Waals surface area contributed by atoms with Gasteiger partial charge in [0.05, 0.1) is 5.69 Å². The second-order valence-electron chi connectivity index (χ2n) is 4.27. The smallest absolute Gasteiger partial charge is 0.126 e. The zero-order chi connectivity index (χ0) is 13.0. The Morgan fingerprint density at radius 1 is 1.39 bits per heavy atom. The van der Waals surface area contributed by atoms with E-state index in [1.54, 1.807) is 30.4 Å². The topological polar surface area (TPSA) is 24.9 Å². The number of nitrogens with one attached hydrogen (secondary N) is 1. The molecule has 2 rings (SSSR count). The predicted molar refractivity (Wildman–Crippen MR) is 74.2 cm³/mol. The maximum atomic E-state index is 13.5. The van der Waals surface area contributed by atoms with Gasteiger partial charge in [-0.2, -0.15) is 0 Å². The summed E-state index contributed by atoms with van der Waals surface area (Å²) in [5, 5.41) is 6.33. The van der Waals surface area contributed by atoms with Crippen LogP contribution in [0.2, 0.25) is 0 Å². The average Bonchev–Trinajstić information content (AvgIpc) is 2.82. The van der Waals surface area contributed by atoms with Crippen LogP contribution in [0.1, 0.15) is 23.9 Å². The first-order valence-corrected chi connectivity index (χ1v) is 7.00. The molecule has 0 unspecified atom stereocenters. The Bertz CT molecular complexity index is 522. The maximum absolute atomic E-state index is 13.5. The van der Waals surface area contributed by atoms with Crippen molar-refractivity contribution in [3.63, 3.8) is 0 Å². The first-order chi connectivity index (χ1) is 8.70. The Morgan fingerprint density at radius 3 is 2.94 bits per heavy atom. The lowest BCUT2D eigenvalue weighted by Gasteiger charge is -2.00. The number of hydrogen-bond acceptors (Lipinski definition) is 3. The van der Waals surface area contributed by atoms with Crippen molar-refractivity contribution in [2.24, 2.45) is 0 Å². The van der Waals surface area contributed by atoms with Crippen LogP contribution >= 0.6 is 11.3 Å². The van der Waals surface area contributed by atoms with E-state index in [9.17, 15) is 4.39 Å². The van der Waals surface area contributed by atoms with E-state index in [1.165, 1.54) is 0 Å². The van der Waals surface area contributed by atoms with Gasteiger partial charge in [-0.3, -0.25) is 0 Å². The fraction of sp³-hybridized carbons (Fsp3) is 0.357. The number of halogens is 1. The minimum atomic E-state index is -0.175. The van der Waals surface area contributed by atoms with E-state index < -0.39 is 0 Å². The Balaban J connectivity index is 2.11. The van der Waals surface area contributed by atoms with Gasteiger partial charge in [0, 0.05) is 17.5 Å². The number of aromatic nitrogens is 1. The van der Waals surface area contributed by atoms with E-state index in [0.717, 1.165) is 35.8 Å². The van der Waals surface area contributed by atoms with Gasteiger partial charge >= 0.3 is 0 Å². The molecular weight excluding hydrogens is 247 g/mol. The van der Waals surface area contributed by atoms with Gasteiger partial charge in [-0.15, -0.1) is 11.3 Å². The molecule has 0 radical (unpaired) electrons. The molecule has 0 bridgehead atoms. The molecule has 0 spiro atoms. The summed E-state index contributed by atoms with van der Waals surface area (Å²) >= 11 is 1.61. The van der Waals surface area contributed by atoms with Crippen LogP contribution in [0, 0.1) is 12.7 Å². The van der Waals surface area contributed by atoms with E-state index in [4.69, 9.17) is 0 Å². The summed E-state index contributed by atoms with van der Waals surface area (Å²) in [5.41, 5.74) is 2.36. The highest BCUT2D eigenvalue weighted by Crippen LogP contribution is 2.23. The molecule has 1 aromatic heterocycles. The predicted octanol–water partition coefficient (Wildman–Crippen LogP) is 3.76. The highest BCUT2D eigenvalue weighted by Gasteiger charge is 2.06. The van der Waals surface area contributed by atoms with Crippen molar-refractivity contribution in [3.05, 3.63) is 40.0 Å². The Hall–Kier alpha value is -1.26. The molecule has 2 nitrogen and oxygen atoms in total. The molecule has 96 valence electrons. The van der Waals surface area contributed by atoms with Gasteiger partial charge in [0.1, 0.15) is 10.8 Å². The quantitative estimate of drug-likeness (QED) is 0.832. The summed E-state index contributed by atoms with van der Waals surface area (Å²) in [6, 6.07) is 5.25. The second kappa shape index (κ2) is 6.07. The number of benzene rings is 1. The third-order valence-corrected chi connectivity index (χ3v) is 3.57. The van der Waals surface area contributed by atoms with Crippen molar-refractivity contribution in [1.82, 2.24) is 10.3 Å². The van der Waals surface area contributed by atoms with Gasteiger partial charge in [-0.25, -0.2) is 9.37 Å². The van der Waals surface area contributed by atoms with Crippen LogP contribution in [-0.4, -0.2) is 11.5 Å². The second-order valence-corrected chi connectivity index (χ2v) is 5.21. The normalized spacial score (nSPS) is 10.8. The van der Waals surface area contributed by atoms with Crippen LogP contribution in [0.4, 0.5) is 4.39 Å². The van der Waals surface area contributed by atoms with Crippen molar-refractivity contribution < 1.29 is 4.39 Å². The Morgan fingerprint density at radius 2 is 2.22 bits per heavy atom. The third-order valence-electron chi connectivity index (χ3n) is 2.72. The molecule has 0 amide bonds. The third kappa shape index (κ3) is 3.15. The summed E-state index contributed by atoms with van der Waals surface area (Å²) < 4.78 is 13.5. The van der Waals surface area contributed by atoms with Crippen molar-refractivity contribution in [1.29, 1.82) is 0 Å². The number of nitrogens with zero attached hydrogens (tertiary/aromatic N) is 1. The summed E-state index contributed by atoms with van der Waals surface area (Å²) in [4.78, 5) is 4.51. The van der Waals surface area contributed by atoms with Gasteiger partial charge in [-0.05, 0) is 31.5 Å². The average molecular weight is 264 g/mol. The number of hydrogen-bond donors (Lipinski definition) is 1. The molecule has 2 aromatic rings. The SMILES string of the molecule is CCCNCc1nc(-c2ccc(C)c(F)c2)cs1. The minimum Gasteiger partial charge on any atom is -0.310 e. The first-order valence-electron chi connectivity index (χ1n) is 6.12. The van der Waals surface area contributed by atoms with Crippen LogP contribution in [0.25, 0.3) is 11.3 Å². The van der Waals surface area contributed by atoms with Crippen LogP contribution < -0.4 is 5.32 Å². The lowest BCUT2D eigenvalue weighted by molar-refractivity contribution is 0.619. The van der Waals surface area contributed by atoms with Gasteiger partial charge in [0.25, 0.3) is 0 Å². The summed E-state index contributed by atoms with van der Waals surface area (Å²) in [5.74, 6) is -0.175. The summed E-state index contributed by atoms with van der Waals surface area (Å²) in [6.07, 6.45) is 1.11. The molecule has 1 heterocycles. The molecule has 18 heavy (non-hydrogen) atoms. The van der Waals surface area contributed by atoms with Crippen LogP contribution in [0.3, 0.4) is 0 Å². The largest absolute Gasteiger partial charge is 0.310 e. The number of rotatable bonds is 5. The van der Waals surface area contributed by atoms with E-state index >= 15 is 0 Å². The minimum absolute atomic E-state index is 0.175. The number of aryl methyl sites for hydroxylation is 1. The molecule has 1 aromatic carbocycles. The fourth-order valence-electron chi connectivity index (χ4n) is 1.65. The standard InChI is InChI=1S/C14H17FN2S/c1-3-6-16-8-14-17-13(9-18-14)11-5-4-10(2)12(15)7-11/h4-5,7,9,16H,3,6,8H2,1-2H3. The molecule has 0 saturated heterocycles. The highest BCUT2D eigenvalue weighted by molar-refractivity contribution is 7.09. The lowest BCUT2D eigenvalue weighted by Crippen LogP contribution is -2.13. The first kappa shape index (κ1) is 13.2. The van der Waals surface area contributed by atoms with Crippen molar-refractivity contribution in [2.75, 3.05) is 6.54 Å². The molecule has 0 aliphatic heterocycles. The highest BCUT2D eigenvalue weighted by atomic mass is 32.1. The van der Waals surface area contributed by atoms with Crippen LogP contribution in [-0.2, 0) is 6.54 Å². The van der Waals surface area contributed by atoms with E-state index in [0.29, 0.717) is 5.56 Å². The zero-order valence-electron chi connectivity index (χ0n) is 10.7. The molecule has 0 aliphatic rings. The van der Waals surface area contributed by atoms with Crippen LogP contribution in [0.5, 0.6) is 0 Å². The van der Waals surface area contributed by atoms with Crippen molar-refractivity contribution in [2.45, 2.75) is 26.8 Å². The van der Waals surface area contributed by atoms with Crippen molar-refractivity contribution >= 4 is 11.3 Å². The van der Waals surface area contributed by atoms with Crippen molar-refractivity contribution in [3.8, 4) is 11.3 Å². The summed E-state index contributed by atoms with van der Waals surface area (Å²) in [6.45, 7) is 5.68. The number of thiazole rings is 1. The Labute approximate surface area is 111 Å². The Kier molecular flexibility index (Phi) is 4.44. The monoisotopic (exact) mass is 264 g/mol. The molecule has 0 saturated carbocycles. The molecule has 0 aliphatic carbocycles. The van der Waals surface area contributed by atoms with Gasteiger partial charge < -0.3 is 5.32 Å². The van der Waals surface area contributed by atoms with Gasteiger partial charge in [-0.1, -0.05) is 19.1 Å². The molecule has 1 N–H and O–H groups in total. The van der Waals surface area contributed by atoms with Gasteiger partial charge in [0.15, 0.2) is 0 Å².